The van der Waals surface area contributed by atoms with Crippen LogP contribution in [0, 0.1) is 5.82 Å². The molecule has 168 valence electrons. The van der Waals surface area contributed by atoms with Crippen molar-refractivity contribution < 1.29 is 19.0 Å². The number of likely N-dealkylation sites (tertiary alicyclic amines) is 1. The first-order chi connectivity index (χ1) is 14.7. The third kappa shape index (κ3) is 6.69. The zero-order chi connectivity index (χ0) is 22.4. The highest BCUT2D eigenvalue weighted by molar-refractivity contribution is 5.78. The number of carbonyl (C=O) groups excluding carboxylic acids is 1. The Hall–Kier alpha value is -2.60. The molecule has 1 saturated heterocycles. The van der Waals surface area contributed by atoms with Crippen molar-refractivity contribution >= 4 is 11.6 Å². The second-order valence-electron chi connectivity index (χ2n) is 8.74. The van der Waals surface area contributed by atoms with Crippen LogP contribution in [-0.2, 0) is 11.2 Å². The number of rotatable bonds is 8. The first-order valence-corrected chi connectivity index (χ1v) is 11.0. The van der Waals surface area contributed by atoms with E-state index >= 15 is 0 Å². The highest BCUT2D eigenvalue weighted by Gasteiger charge is 2.33. The number of hydrogen-bond acceptors (Lipinski definition) is 4. The number of carbonyl (C=O) groups is 1. The molecule has 0 spiro atoms. The predicted molar refractivity (Wildman–Crippen MR) is 121 cm³/mol. The fourth-order valence-corrected chi connectivity index (χ4v) is 3.91. The summed E-state index contributed by atoms with van der Waals surface area (Å²) in [6.07, 6.45) is 2.08. The average molecular weight is 429 g/mol. The van der Waals surface area contributed by atoms with Gasteiger partial charge in [-0.05, 0) is 75.1 Å². The number of aliphatic hydroxyl groups is 1. The van der Waals surface area contributed by atoms with Gasteiger partial charge in [0, 0.05) is 32.4 Å². The van der Waals surface area contributed by atoms with Crippen molar-refractivity contribution in [2.24, 2.45) is 0 Å². The number of nitrogens with zero attached hydrogens (tertiary/aromatic N) is 2. The van der Waals surface area contributed by atoms with Crippen molar-refractivity contribution in [3.63, 3.8) is 0 Å². The normalized spacial score (nSPS) is 15.7. The molecule has 0 atom stereocenters. The molecule has 0 radical (unpaired) electrons. The Morgan fingerprint density at radius 1 is 1.19 bits per heavy atom. The van der Waals surface area contributed by atoms with E-state index in [0.717, 1.165) is 18.0 Å². The second kappa shape index (κ2) is 10.1. The minimum atomic E-state index is -0.773. The van der Waals surface area contributed by atoms with Crippen molar-refractivity contribution in [1.29, 1.82) is 0 Å². The number of anilines is 1. The summed E-state index contributed by atoms with van der Waals surface area (Å²) in [6, 6.07) is 14.1. The van der Waals surface area contributed by atoms with Gasteiger partial charge in [-0.1, -0.05) is 12.1 Å². The average Bonchev–Trinajstić information content (AvgIpc) is 2.73. The summed E-state index contributed by atoms with van der Waals surface area (Å²) in [6.45, 7) is 5.77. The Kier molecular flexibility index (Phi) is 7.55. The van der Waals surface area contributed by atoms with E-state index in [9.17, 15) is 14.3 Å². The van der Waals surface area contributed by atoms with Gasteiger partial charge in [0.1, 0.15) is 11.6 Å². The Labute approximate surface area is 184 Å². The van der Waals surface area contributed by atoms with E-state index in [4.69, 9.17) is 4.74 Å². The predicted octanol–water partition coefficient (Wildman–Crippen LogP) is 4.04. The lowest BCUT2D eigenvalue weighted by Gasteiger charge is -2.39. The summed E-state index contributed by atoms with van der Waals surface area (Å²) in [4.78, 5) is 16.4. The first-order valence-electron chi connectivity index (χ1n) is 11.0. The van der Waals surface area contributed by atoms with Gasteiger partial charge in [-0.3, -0.25) is 4.79 Å². The van der Waals surface area contributed by atoms with Gasteiger partial charge in [-0.25, -0.2) is 4.39 Å². The van der Waals surface area contributed by atoms with Gasteiger partial charge in [0.15, 0.2) is 0 Å². The van der Waals surface area contributed by atoms with Crippen LogP contribution in [0.3, 0.4) is 0 Å². The number of halogens is 1. The molecule has 1 aliphatic heterocycles. The minimum Gasteiger partial charge on any atom is -0.491 e. The van der Waals surface area contributed by atoms with Crippen molar-refractivity contribution in [2.45, 2.75) is 51.2 Å². The molecule has 1 aliphatic rings. The fourth-order valence-electron chi connectivity index (χ4n) is 3.91. The molecule has 2 aromatic rings. The molecular weight excluding hydrogens is 395 g/mol. The van der Waals surface area contributed by atoms with Crippen LogP contribution in [0.4, 0.5) is 10.1 Å². The number of piperidine rings is 1. The molecule has 1 heterocycles. The topological polar surface area (TPSA) is 53.0 Å². The molecule has 0 unspecified atom stereocenters. The van der Waals surface area contributed by atoms with Crippen LogP contribution in [0.5, 0.6) is 5.75 Å². The van der Waals surface area contributed by atoms with E-state index in [1.165, 1.54) is 12.1 Å². The molecule has 3 rings (SSSR count). The van der Waals surface area contributed by atoms with Gasteiger partial charge in [0.2, 0.25) is 5.91 Å². The lowest BCUT2D eigenvalue weighted by atomic mass is 9.87. The standard InChI is InChI=1S/C25H33FN2O3/c1-19(2)31-23-9-7-22(8-10-23)27(3)14-11-25(30)12-15-28(16-13-25)24(29)18-20-5-4-6-21(26)17-20/h4-10,17,19,30H,11-16,18H2,1-3H3. The zero-order valence-corrected chi connectivity index (χ0v) is 18.7. The molecule has 5 nitrogen and oxygen atoms in total. The van der Waals surface area contributed by atoms with Gasteiger partial charge in [0.05, 0.1) is 18.1 Å². The van der Waals surface area contributed by atoms with Gasteiger partial charge in [0.25, 0.3) is 0 Å². The summed E-state index contributed by atoms with van der Waals surface area (Å²) in [5, 5.41) is 11.0. The molecule has 0 bridgehead atoms. The maximum atomic E-state index is 13.3. The molecule has 0 saturated carbocycles. The van der Waals surface area contributed by atoms with Crippen LogP contribution in [0.1, 0.15) is 38.7 Å². The van der Waals surface area contributed by atoms with Crippen LogP contribution >= 0.6 is 0 Å². The van der Waals surface area contributed by atoms with E-state index in [2.05, 4.69) is 4.90 Å². The summed E-state index contributed by atoms with van der Waals surface area (Å²) in [5.74, 6) is 0.499. The van der Waals surface area contributed by atoms with Gasteiger partial charge < -0.3 is 19.6 Å². The maximum Gasteiger partial charge on any atom is 0.226 e. The van der Waals surface area contributed by atoms with Crippen LogP contribution in [-0.4, -0.2) is 54.3 Å². The third-order valence-corrected chi connectivity index (χ3v) is 5.85. The fraction of sp³-hybridized carbons (Fsp3) is 0.480. The minimum absolute atomic E-state index is 0.0199. The number of benzene rings is 2. The molecule has 31 heavy (non-hydrogen) atoms. The SMILES string of the molecule is CC(C)Oc1ccc(N(C)CCC2(O)CCN(C(=O)Cc3cccc(F)c3)CC2)cc1. The Morgan fingerprint density at radius 3 is 2.48 bits per heavy atom. The van der Waals surface area contributed by atoms with Crippen molar-refractivity contribution in [1.82, 2.24) is 4.90 Å². The number of amides is 1. The Morgan fingerprint density at radius 2 is 1.87 bits per heavy atom. The van der Waals surface area contributed by atoms with Crippen LogP contribution in [0.2, 0.25) is 0 Å². The molecular formula is C25H33FN2O3. The molecule has 1 fully saturated rings. The highest BCUT2D eigenvalue weighted by atomic mass is 19.1. The van der Waals surface area contributed by atoms with Crippen molar-refractivity contribution in [3.05, 3.63) is 59.9 Å². The summed E-state index contributed by atoms with van der Waals surface area (Å²) < 4.78 is 19.0. The molecule has 0 aromatic heterocycles. The largest absolute Gasteiger partial charge is 0.491 e. The maximum absolute atomic E-state index is 13.3. The van der Waals surface area contributed by atoms with E-state index < -0.39 is 5.60 Å². The third-order valence-electron chi connectivity index (χ3n) is 5.85. The molecule has 6 heteroatoms. The van der Waals surface area contributed by atoms with Gasteiger partial charge >= 0.3 is 0 Å². The molecule has 1 amide bonds. The van der Waals surface area contributed by atoms with Crippen LogP contribution in [0.25, 0.3) is 0 Å². The monoisotopic (exact) mass is 428 g/mol. The smallest absolute Gasteiger partial charge is 0.226 e. The lowest BCUT2D eigenvalue weighted by Crippen LogP contribution is -2.48. The van der Waals surface area contributed by atoms with E-state index in [-0.39, 0.29) is 24.2 Å². The summed E-state index contributed by atoms with van der Waals surface area (Å²) in [5.41, 5.74) is 0.976. The van der Waals surface area contributed by atoms with Crippen molar-refractivity contribution in [2.75, 3.05) is 31.6 Å². The number of ether oxygens (including phenoxy) is 1. The zero-order valence-electron chi connectivity index (χ0n) is 18.7. The van der Waals surface area contributed by atoms with E-state index in [1.807, 2.05) is 45.2 Å². The molecule has 2 aromatic carbocycles. The van der Waals surface area contributed by atoms with Crippen LogP contribution in [0.15, 0.2) is 48.5 Å². The molecule has 0 aliphatic carbocycles. The van der Waals surface area contributed by atoms with Gasteiger partial charge in [-0.2, -0.15) is 0 Å². The van der Waals surface area contributed by atoms with Gasteiger partial charge in [-0.15, -0.1) is 0 Å². The van der Waals surface area contributed by atoms with E-state index in [1.54, 1.807) is 17.0 Å². The first kappa shape index (κ1) is 23.1. The second-order valence-corrected chi connectivity index (χ2v) is 8.74. The highest BCUT2D eigenvalue weighted by Crippen LogP contribution is 2.28. The molecule has 1 N–H and O–H groups in total. The Balaban J connectivity index is 1.46. The van der Waals surface area contributed by atoms with Crippen LogP contribution < -0.4 is 9.64 Å². The Bertz CT molecular complexity index is 861. The van der Waals surface area contributed by atoms with Crippen molar-refractivity contribution in [3.8, 4) is 5.75 Å². The van der Waals surface area contributed by atoms with E-state index in [0.29, 0.717) is 37.9 Å². The summed E-state index contributed by atoms with van der Waals surface area (Å²) >= 11 is 0. The number of hydrogen-bond donors (Lipinski definition) is 1. The lowest BCUT2D eigenvalue weighted by molar-refractivity contribution is -0.134. The summed E-state index contributed by atoms with van der Waals surface area (Å²) in [7, 11) is 2.01. The quantitative estimate of drug-likeness (QED) is 0.690.